The molecule has 0 saturated carbocycles. The molecule has 2 aromatic rings. The zero-order chi connectivity index (χ0) is 21.3. The van der Waals surface area contributed by atoms with Crippen LogP contribution in [0, 0.1) is 0 Å². The third kappa shape index (κ3) is 7.18. The van der Waals surface area contributed by atoms with E-state index in [1.165, 1.54) is 6.08 Å². The summed E-state index contributed by atoms with van der Waals surface area (Å²) in [4.78, 5) is -0.0347. The van der Waals surface area contributed by atoms with Crippen LogP contribution in [0.1, 0.15) is 23.1 Å². The second-order valence-corrected chi connectivity index (χ2v) is 11.2. The van der Waals surface area contributed by atoms with Crippen LogP contribution in [0.4, 0.5) is 0 Å². The third-order valence-corrected chi connectivity index (χ3v) is 8.50. The molecule has 0 amide bonds. The summed E-state index contributed by atoms with van der Waals surface area (Å²) in [5.41, 5.74) is 2.65. The summed E-state index contributed by atoms with van der Waals surface area (Å²) in [5.74, 6) is 0. The van der Waals surface area contributed by atoms with E-state index in [-0.39, 0.29) is 11.3 Å². The number of allylic oxidation sites excluding steroid dienone is 1. The molecule has 0 heterocycles. The van der Waals surface area contributed by atoms with Gasteiger partial charge in [0, 0.05) is 33.8 Å². The lowest BCUT2D eigenvalue weighted by atomic mass is 10.1. The molecule has 158 valence electrons. The van der Waals surface area contributed by atoms with Crippen molar-refractivity contribution >= 4 is 25.0 Å². The molecule has 6 nitrogen and oxygen atoms in total. The van der Waals surface area contributed by atoms with Gasteiger partial charge >= 0.3 is 8.80 Å². The molecule has 1 N–H and O–H groups in total. The van der Waals surface area contributed by atoms with Crippen LogP contribution in [0.25, 0.3) is 6.08 Å². The largest absolute Gasteiger partial charge is 0.500 e. The molecule has 0 aliphatic rings. The van der Waals surface area contributed by atoms with Crippen LogP contribution in [0.15, 0.2) is 59.5 Å². The monoisotopic (exact) mass is 436 g/mol. The molecular formula is C21H28O6SSi. The van der Waals surface area contributed by atoms with Crippen molar-refractivity contribution in [1.82, 2.24) is 0 Å². The van der Waals surface area contributed by atoms with Crippen molar-refractivity contribution in [3.63, 3.8) is 0 Å². The molecule has 2 rings (SSSR count). The van der Waals surface area contributed by atoms with E-state index in [2.05, 4.69) is 0 Å². The zero-order valence-electron chi connectivity index (χ0n) is 17.0. The number of hydrogen-bond donors (Lipinski definition) is 1. The molecule has 0 unspecified atom stereocenters. The summed E-state index contributed by atoms with van der Waals surface area (Å²) in [6.07, 6.45) is 3.30. The fourth-order valence-corrected chi connectivity index (χ4v) is 5.40. The van der Waals surface area contributed by atoms with Crippen molar-refractivity contribution in [3.05, 3.63) is 76.2 Å². The van der Waals surface area contributed by atoms with E-state index in [1.54, 1.807) is 33.5 Å². The van der Waals surface area contributed by atoms with Gasteiger partial charge in [-0.3, -0.25) is 4.55 Å². The average Bonchev–Trinajstić information content (AvgIpc) is 2.72. The van der Waals surface area contributed by atoms with Crippen LogP contribution in [-0.4, -0.2) is 43.1 Å². The minimum atomic E-state index is -4.29. The Morgan fingerprint density at radius 2 is 1.48 bits per heavy atom. The van der Waals surface area contributed by atoms with Crippen LogP contribution < -0.4 is 0 Å². The SMILES string of the molecule is CO[Si](CCCc1ccc(CC(=Cc2ccccc2)S(=O)(=O)O)cc1)(OC)OC. The highest BCUT2D eigenvalue weighted by Gasteiger charge is 2.36. The molecule has 0 fully saturated rings. The van der Waals surface area contributed by atoms with E-state index in [4.69, 9.17) is 13.3 Å². The minimum Gasteiger partial charge on any atom is -0.377 e. The van der Waals surface area contributed by atoms with Crippen molar-refractivity contribution in [2.75, 3.05) is 21.3 Å². The van der Waals surface area contributed by atoms with Gasteiger partial charge in [0.05, 0.1) is 4.91 Å². The molecule has 0 aromatic heterocycles. The summed E-state index contributed by atoms with van der Waals surface area (Å²) < 4.78 is 49.4. The summed E-state index contributed by atoms with van der Waals surface area (Å²) in [6.45, 7) is 0. The van der Waals surface area contributed by atoms with Crippen LogP contribution in [0.2, 0.25) is 6.04 Å². The summed E-state index contributed by atoms with van der Waals surface area (Å²) in [5, 5.41) is 0. The van der Waals surface area contributed by atoms with Crippen molar-refractivity contribution in [3.8, 4) is 0 Å². The Balaban J connectivity index is 2.04. The van der Waals surface area contributed by atoms with Gasteiger partial charge in [-0.2, -0.15) is 8.42 Å². The average molecular weight is 437 g/mol. The van der Waals surface area contributed by atoms with Crippen LogP contribution in [0.3, 0.4) is 0 Å². The molecule has 8 heteroatoms. The van der Waals surface area contributed by atoms with Crippen molar-refractivity contribution < 1.29 is 26.2 Å². The maximum atomic E-state index is 11.8. The van der Waals surface area contributed by atoms with Gasteiger partial charge in [0.15, 0.2) is 0 Å². The Morgan fingerprint density at radius 3 is 2.00 bits per heavy atom. The first-order chi connectivity index (χ1) is 13.8. The van der Waals surface area contributed by atoms with Gasteiger partial charge in [-0.15, -0.1) is 0 Å². The second kappa shape index (κ2) is 10.8. The summed E-state index contributed by atoms with van der Waals surface area (Å²) in [6, 6.07) is 17.5. The standard InChI is InChI=1S/C21H28O6SSi/c1-25-29(26-2,27-3)15-7-10-18-11-13-20(14-12-18)17-21(28(22,23)24)16-19-8-5-4-6-9-19/h4-6,8-9,11-14,16H,7,10,15,17H2,1-3H3,(H,22,23,24). The Kier molecular flexibility index (Phi) is 8.75. The number of aryl methyl sites for hydroxylation is 1. The molecule has 0 spiro atoms. The topological polar surface area (TPSA) is 82.1 Å². The molecular weight excluding hydrogens is 408 g/mol. The lowest BCUT2D eigenvalue weighted by Gasteiger charge is -2.24. The highest BCUT2D eigenvalue weighted by molar-refractivity contribution is 7.90. The van der Waals surface area contributed by atoms with Crippen LogP contribution in [0.5, 0.6) is 0 Å². The van der Waals surface area contributed by atoms with Crippen molar-refractivity contribution in [1.29, 1.82) is 0 Å². The Bertz CT molecular complexity index is 882. The highest BCUT2D eigenvalue weighted by Crippen LogP contribution is 2.20. The minimum absolute atomic E-state index is 0.0347. The first kappa shape index (κ1) is 23.5. The van der Waals surface area contributed by atoms with E-state index >= 15 is 0 Å². The van der Waals surface area contributed by atoms with Gasteiger partial charge in [-0.1, -0.05) is 54.6 Å². The predicted octanol–water partition coefficient (Wildman–Crippen LogP) is 3.97. The fraction of sp³-hybridized carbons (Fsp3) is 0.333. The number of rotatable bonds is 11. The van der Waals surface area contributed by atoms with Gasteiger partial charge in [0.1, 0.15) is 0 Å². The van der Waals surface area contributed by atoms with E-state index in [1.807, 2.05) is 42.5 Å². The lowest BCUT2D eigenvalue weighted by molar-refractivity contribution is 0.123. The van der Waals surface area contributed by atoms with Gasteiger partial charge < -0.3 is 13.3 Å². The molecule has 0 aliphatic carbocycles. The Labute approximate surface area is 174 Å². The maximum absolute atomic E-state index is 11.8. The van der Waals surface area contributed by atoms with E-state index < -0.39 is 18.9 Å². The van der Waals surface area contributed by atoms with Crippen LogP contribution in [-0.2, 0) is 36.2 Å². The third-order valence-electron chi connectivity index (χ3n) is 4.74. The molecule has 0 aliphatic heterocycles. The molecule has 0 atom stereocenters. The van der Waals surface area contributed by atoms with E-state index in [0.717, 1.165) is 29.5 Å². The quantitative estimate of drug-likeness (QED) is 0.424. The van der Waals surface area contributed by atoms with Gasteiger partial charge in [0.25, 0.3) is 10.1 Å². The predicted molar refractivity (Wildman–Crippen MR) is 116 cm³/mol. The normalized spacial score (nSPS) is 12.9. The lowest BCUT2D eigenvalue weighted by Crippen LogP contribution is -2.42. The molecule has 0 saturated heterocycles. The zero-order valence-corrected chi connectivity index (χ0v) is 18.8. The summed E-state index contributed by atoms with van der Waals surface area (Å²) >= 11 is 0. The number of benzene rings is 2. The molecule has 0 bridgehead atoms. The molecule has 0 radical (unpaired) electrons. The first-order valence-electron chi connectivity index (χ1n) is 9.28. The van der Waals surface area contributed by atoms with Gasteiger partial charge in [-0.05, 0) is 35.6 Å². The van der Waals surface area contributed by atoms with Crippen LogP contribution >= 0.6 is 0 Å². The van der Waals surface area contributed by atoms with Gasteiger partial charge in [0.2, 0.25) is 0 Å². The van der Waals surface area contributed by atoms with Crippen molar-refractivity contribution in [2.45, 2.75) is 25.3 Å². The fourth-order valence-electron chi connectivity index (χ4n) is 3.04. The number of hydrogen-bond acceptors (Lipinski definition) is 5. The van der Waals surface area contributed by atoms with E-state index in [0.29, 0.717) is 6.04 Å². The van der Waals surface area contributed by atoms with Crippen molar-refractivity contribution in [2.24, 2.45) is 0 Å². The van der Waals surface area contributed by atoms with E-state index in [9.17, 15) is 13.0 Å². The van der Waals surface area contributed by atoms with Gasteiger partial charge in [-0.25, -0.2) is 0 Å². The maximum Gasteiger partial charge on any atom is 0.500 e. The Hall–Kier alpha value is -1.81. The smallest absolute Gasteiger partial charge is 0.377 e. The first-order valence-corrected chi connectivity index (χ1v) is 12.7. The molecule has 29 heavy (non-hydrogen) atoms. The Morgan fingerprint density at radius 1 is 0.931 bits per heavy atom. The summed E-state index contributed by atoms with van der Waals surface area (Å²) in [7, 11) is -2.05. The second-order valence-electron chi connectivity index (χ2n) is 6.64. The highest BCUT2D eigenvalue weighted by atomic mass is 32.2. The molecule has 2 aromatic carbocycles.